The van der Waals surface area contributed by atoms with Gasteiger partial charge < -0.3 is 15.7 Å². The molecule has 0 spiro atoms. The van der Waals surface area contributed by atoms with Gasteiger partial charge in [0.15, 0.2) is 16.8 Å². The zero-order valence-electron chi connectivity index (χ0n) is 12.2. The van der Waals surface area contributed by atoms with Gasteiger partial charge in [0.2, 0.25) is 0 Å². The molecular weight excluding hydrogens is 396 g/mol. The van der Waals surface area contributed by atoms with Crippen molar-refractivity contribution in [1.29, 1.82) is 0 Å². The summed E-state index contributed by atoms with van der Waals surface area (Å²) in [7, 11) is 0. The van der Waals surface area contributed by atoms with Gasteiger partial charge in [-0.1, -0.05) is 35.9 Å². The van der Waals surface area contributed by atoms with Crippen LogP contribution in [0.1, 0.15) is 5.56 Å². The number of benzene rings is 2. The standard InChI is InChI=1S/C16H12BrClN4O2/c17-12-6-10(18)5-11-13(23)7-14(24-15(11)12)8-1-3-9(4-2-8)16(21-19)22-20/h1-7H,19-20H2,(H,21,22). The highest BCUT2D eigenvalue weighted by molar-refractivity contribution is 9.10. The number of nitrogens with zero attached hydrogens (tertiary/aromatic N) is 1. The summed E-state index contributed by atoms with van der Waals surface area (Å²) < 4.78 is 6.48. The predicted octanol–water partition coefficient (Wildman–Crippen LogP) is 2.96. The summed E-state index contributed by atoms with van der Waals surface area (Å²) in [5.74, 6) is 11.4. The molecule has 0 atom stereocenters. The van der Waals surface area contributed by atoms with E-state index in [2.05, 4.69) is 26.5 Å². The first kappa shape index (κ1) is 16.5. The molecule has 0 unspecified atom stereocenters. The van der Waals surface area contributed by atoms with Gasteiger partial charge in [-0.2, -0.15) is 5.10 Å². The smallest absolute Gasteiger partial charge is 0.193 e. The van der Waals surface area contributed by atoms with E-state index in [0.29, 0.717) is 37.6 Å². The van der Waals surface area contributed by atoms with Crippen molar-refractivity contribution in [2.45, 2.75) is 0 Å². The third kappa shape index (κ3) is 3.01. The summed E-state index contributed by atoms with van der Waals surface area (Å²) >= 11 is 9.35. The Morgan fingerprint density at radius 3 is 2.54 bits per heavy atom. The monoisotopic (exact) mass is 406 g/mol. The Morgan fingerprint density at radius 1 is 1.21 bits per heavy atom. The lowest BCUT2D eigenvalue weighted by Gasteiger charge is -2.07. The number of nitrogens with one attached hydrogen (secondary N) is 1. The molecule has 0 saturated carbocycles. The molecule has 3 aromatic rings. The summed E-state index contributed by atoms with van der Waals surface area (Å²) in [6, 6.07) is 11.8. The lowest BCUT2D eigenvalue weighted by atomic mass is 10.1. The van der Waals surface area contributed by atoms with Crippen LogP contribution < -0.4 is 22.5 Å². The molecule has 24 heavy (non-hydrogen) atoms. The fourth-order valence-electron chi connectivity index (χ4n) is 2.31. The molecule has 0 amide bonds. The summed E-state index contributed by atoms with van der Waals surface area (Å²) in [5.41, 5.74) is 4.11. The zero-order valence-corrected chi connectivity index (χ0v) is 14.6. The first-order valence-electron chi connectivity index (χ1n) is 6.81. The van der Waals surface area contributed by atoms with Crippen LogP contribution in [0.15, 0.2) is 61.3 Å². The highest BCUT2D eigenvalue weighted by Crippen LogP contribution is 2.30. The maximum absolute atomic E-state index is 12.3. The lowest BCUT2D eigenvalue weighted by molar-refractivity contribution is 0.617. The fourth-order valence-corrected chi connectivity index (χ4v) is 3.20. The number of amidine groups is 1. The molecule has 0 aliphatic rings. The normalized spacial score (nSPS) is 11.7. The number of rotatable bonds is 2. The first-order valence-corrected chi connectivity index (χ1v) is 7.99. The number of hydrogen-bond acceptors (Lipinski definition) is 5. The molecule has 5 N–H and O–H groups in total. The van der Waals surface area contributed by atoms with Gasteiger partial charge >= 0.3 is 0 Å². The van der Waals surface area contributed by atoms with E-state index in [1.807, 2.05) is 0 Å². The van der Waals surface area contributed by atoms with Crippen molar-refractivity contribution in [2.24, 2.45) is 16.8 Å². The van der Waals surface area contributed by atoms with Crippen LogP contribution in [0.25, 0.3) is 22.3 Å². The van der Waals surface area contributed by atoms with Crippen LogP contribution in [0.4, 0.5) is 0 Å². The highest BCUT2D eigenvalue weighted by Gasteiger charge is 2.11. The Balaban J connectivity index is 2.12. The molecule has 8 heteroatoms. The average Bonchev–Trinajstić information content (AvgIpc) is 2.57. The molecule has 0 fully saturated rings. The van der Waals surface area contributed by atoms with E-state index in [0.717, 1.165) is 5.56 Å². The summed E-state index contributed by atoms with van der Waals surface area (Å²) in [6.45, 7) is 0. The molecular formula is C16H12BrClN4O2. The van der Waals surface area contributed by atoms with Crippen molar-refractivity contribution in [3.05, 3.63) is 67.7 Å². The SMILES string of the molecule is N/N=C(\NN)c1ccc(-c2cc(=O)c3cc(Cl)cc(Br)c3o2)cc1. The van der Waals surface area contributed by atoms with Crippen LogP contribution >= 0.6 is 27.5 Å². The topological polar surface area (TPSA) is 107 Å². The van der Waals surface area contributed by atoms with Crippen LogP contribution in [0.2, 0.25) is 5.02 Å². The maximum Gasteiger partial charge on any atom is 0.193 e. The molecule has 1 aromatic heterocycles. The number of fused-ring (bicyclic) bond motifs is 1. The number of halogens is 2. The second kappa shape index (κ2) is 6.64. The predicted molar refractivity (Wildman–Crippen MR) is 98.7 cm³/mol. The van der Waals surface area contributed by atoms with Gasteiger partial charge in [0, 0.05) is 22.2 Å². The zero-order chi connectivity index (χ0) is 17.3. The Labute approximate surface area is 150 Å². The van der Waals surface area contributed by atoms with Gasteiger partial charge in [0.1, 0.15) is 5.76 Å². The van der Waals surface area contributed by atoms with Crippen LogP contribution in [-0.4, -0.2) is 5.84 Å². The quantitative estimate of drug-likeness (QED) is 0.262. The van der Waals surface area contributed by atoms with Gasteiger partial charge in [-0.25, -0.2) is 5.84 Å². The van der Waals surface area contributed by atoms with E-state index < -0.39 is 0 Å². The van der Waals surface area contributed by atoms with Gasteiger partial charge in [0.25, 0.3) is 0 Å². The minimum atomic E-state index is -0.175. The molecule has 0 bridgehead atoms. The van der Waals surface area contributed by atoms with Crippen LogP contribution in [0.5, 0.6) is 0 Å². The summed E-state index contributed by atoms with van der Waals surface area (Å²) in [5, 5.41) is 4.42. The second-order valence-electron chi connectivity index (χ2n) is 4.94. The molecule has 6 nitrogen and oxygen atoms in total. The van der Waals surface area contributed by atoms with E-state index in [4.69, 9.17) is 27.7 Å². The van der Waals surface area contributed by atoms with Crippen molar-refractivity contribution in [1.82, 2.24) is 5.43 Å². The molecule has 0 aliphatic carbocycles. The summed E-state index contributed by atoms with van der Waals surface area (Å²) in [4.78, 5) is 12.3. The van der Waals surface area contributed by atoms with Gasteiger partial charge in [-0.15, -0.1) is 0 Å². The molecule has 0 radical (unpaired) electrons. The van der Waals surface area contributed by atoms with Crippen molar-refractivity contribution < 1.29 is 4.42 Å². The van der Waals surface area contributed by atoms with Gasteiger partial charge in [0.05, 0.1) is 9.86 Å². The van der Waals surface area contributed by atoms with E-state index in [1.165, 1.54) is 6.07 Å². The number of hydrogen-bond donors (Lipinski definition) is 3. The Bertz CT molecular complexity index is 999. The minimum Gasteiger partial charge on any atom is -0.455 e. The number of hydrazone groups is 1. The third-order valence-corrected chi connectivity index (χ3v) is 4.26. The molecule has 1 heterocycles. The Morgan fingerprint density at radius 2 is 1.92 bits per heavy atom. The van der Waals surface area contributed by atoms with Crippen LogP contribution in [0, 0.1) is 0 Å². The molecule has 3 rings (SSSR count). The van der Waals surface area contributed by atoms with Gasteiger partial charge in [-0.3, -0.25) is 4.79 Å². The molecule has 0 saturated heterocycles. The first-order chi connectivity index (χ1) is 11.5. The Hall–Kier alpha value is -2.35. The van der Waals surface area contributed by atoms with E-state index in [9.17, 15) is 4.79 Å². The van der Waals surface area contributed by atoms with Crippen LogP contribution in [0.3, 0.4) is 0 Å². The fraction of sp³-hybridized carbons (Fsp3) is 0. The number of hydrazine groups is 1. The average molecular weight is 408 g/mol. The minimum absolute atomic E-state index is 0.175. The Kier molecular flexibility index (Phi) is 4.57. The van der Waals surface area contributed by atoms with Gasteiger partial charge in [-0.05, 0) is 28.1 Å². The van der Waals surface area contributed by atoms with Crippen molar-refractivity contribution in [2.75, 3.05) is 0 Å². The largest absolute Gasteiger partial charge is 0.455 e. The lowest BCUT2D eigenvalue weighted by Crippen LogP contribution is -2.31. The number of nitrogens with two attached hydrogens (primary N) is 2. The molecule has 0 aliphatic heterocycles. The summed E-state index contributed by atoms with van der Waals surface area (Å²) in [6.07, 6.45) is 0. The van der Waals surface area contributed by atoms with Crippen molar-refractivity contribution in [3.8, 4) is 11.3 Å². The molecule has 122 valence electrons. The highest BCUT2D eigenvalue weighted by atomic mass is 79.9. The van der Waals surface area contributed by atoms with E-state index in [1.54, 1.807) is 36.4 Å². The van der Waals surface area contributed by atoms with E-state index >= 15 is 0 Å². The van der Waals surface area contributed by atoms with Crippen molar-refractivity contribution in [3.63, 3.8) is 0 Å². The molecule has 2 aromatic carbocycles. The second-order valence-corrected chi connectivity index (χ2v) is 6.23. The van der Waals surface area contributed by atoms with Crippen molar-refractivity contribution >= 4 is 44.3 Å². The van der Waals surface area contributed by atoms with E-state index in [-0.39, 0.29) is 5.43 Å². The third-order valence-electron chi connectivity index (χ3n) is 3.46. The van der Waals surface area contributed by atoms with Crippen LogP contribution in [-0.2, 0) is 0 Å². The maximum atomic E-state index is 12.3.